The van der Waals surface area contributed by atoms with Gasteiger partial charge in [0.05, 0.1) is 0 Å². The highest BCUT2D eigenvalue weighted by Crippen LogP contribution is 2.27. The number of nitrogens with one attached hydrogen (secondary N) is 2. The lowest BCUT2D eigenvalue weighted by molar-refractivity contribution is -0.116. The first kappa shape index (κ1) is 16.2. The molecule has 0 aliphatic carbocycles. The maximum Gasteiger partial charge on any atom is 0.383 e. The summed E-state index contributed by atoms with van der Waals surface area (Å²) in [5, 5.41) is 9.53. The lowest BCUT2D eigenvalue weighted by atomic mass is 9.96. The van der Waals surface area contributed by atoms with Gasteiger partial charge in [0.2, 0.25) is 5.91 Å². The van der Waals surface area contributed by atoms with Crippen molar-refractivity contribution < 1.29 is 14.3 Å². The van der Waals surface area contributed by atoms with Crippen LogP contribution in [0.3, 0.4) is 0 Å². The van der Waals surface area contributed by atoms with Gasteiger partial charge < -0.3 is 10.1 Å². The second-order valence-electron chi connectivity index (χ2n) is 6.87. The van der Waals surface area contributed by atoms with Crippen molar-refractivity contribution in [2.75, 3.05) is 5.32 Å². The molecule has 0 bridgehead atoms. The molecule has 1 aliphatic heterocycles. The van der Waals surface area contributed by atoms with E-state index >= 15 is 0 Å². The number of nitrogens with zero attached hydrogens (tertiary/aromatic N) is 2. The molecule has 2 aromatic rings. The summed E-state index contributed by atoms with van der Waals surface area (Å²) in [5.41, 5.74) is 1.50. The zero-order valence-electron chi connectivity index (χ0n) is 14.0. The van der Waals surface area contributed by atoms with Crippen LogP contribution in [0, 0.1) is 0 Å². The summed E-state index contributed by atoms with van der Waals surface area (Å²) in [4.78, 5) is 28.0. The van der Waals surface area contributed by atoms with Crippen molar-refractivity contribution in [1.29, 1.82) is 0 Å². The van der Waals surface area contributed by atoms with Crippen LogP contribution in [0.25, 0.3) is 0 Å². The number of hydrogen-bond acceptors (Lipinski definition) is 5. The number of benzene rings is 1. The topological polar surface area (TPSA) is 97.0 Å². The molecule has 1 aromatic heterocycles. The van der Waals surface area contributed by atoms with Crippen LogP contribution in [-0.4, -0.2) is 27.1 Å². The van der Waals surface area contributed by atoms with Crippen molar-refractivity contribution in [1.82, 2.24) is 15.2 Å². The van der Waals surface area contributed by atoms with Gasteiger partial charge in [-0.3, -0.25) is 9.89 Å². The number of rotatable bonds is 2. The van der Waals surface area contributed by atoms with Gasteiger partial charge in [-0.25, -0.2) is 9.78 Å². The fraction of sp³-hybridized carbons (Fsp3) is 0.412. The first-order valence-corrected chi connectivity index (χ1v) is 7.91. The minimum absolute atomic E-state index is 0.00294. The Morgan fingerprint density at radius 1 is 1.25 bits per heavy atom. The van der Waals surface area contributed by atoms with Gasteiger partial charge in [0.1, 0.15) is 11.6 Å². The molecule has 0 spiro atoms. The lowest BCUT2D eigenvalue weighted by Gasteiger charge is -2.12. The number of carbonyl (C=O) groups is 2. The lowest BCUT2D eigenvalue weighted by Crippen LogP contribution is -2.15. The second kappa shape index (κ2) is 6.07. The van der Waals surface area contributed by atoms with E-state index in [9.17, 15) is 9.59 Å². The highest BCUT2D eigenvalue weighted by Gasteiger charge is 2.22. The number of hydrogen-bond donors (Lipinski definition) is 2. The molecule has 7 heteroatoms. The molecule has 0 saturated carbocycles. The van der Waals surface area contributed by atoms with E-state index in [0.29, 0.717) is 18.0 Å². The van der Waals surface area contributed by atoms with Crippen molar-refractivity contribution in [3.8, 4) is 5.75 Å². The zero-order valence-corrected chi connectivity index (χ0v) is 14.0. The molecule has 0 unspecified atom stereocenters. The Morgan fingerprint density at radius 3 is 2.75 bits per heavy atom. The smallest absolute Gasteiger partial charge is 0.383 e. The summed E-state index contributed by atoms with van der Waals surface area (Å²) >= 11 is 0. The maximum absolute atomic E-state index is 12.2. The normalized spacial score (nSPS) is 14.5. The van der Waals surface area contributed by atoms with Crippen LogP contribution in [0.5, 0.6) is 5.75 Å². The third-order valence-electron chi connectivity index (χ3n) is 3.79. The third-order valence-corrected chi connectivity index (χ3v) is 3.79. The molecule has 7 nitrogen and oxygen atoms in total. The van der Waals surface area contributed by atoms with Crippen molar-refractivity contribution in [3.63, 3.8) is 0 Å². The molecular formula is C17H20N4O3. The van der Waals surface area contributed by atoms with Crippen LogP contribution in [0.15, 0.2) is 18.2 Å². The number of aromatic amines is 1. The zero-order chi connectivity index (χ0) is 17.3. The Hall–Kier alpha value is -2.70. The summed E-state index contributed by atoms with van der Waals surface area (Å²) in [7, 11) is 0. The minimum atomic E-state index is -0.612. The van der Waals surface area contributed by atoms with E-state index in [1.165, 1.54) is 0 Å². The molecule has 1 amide bonds. The number of aromatic nitrogens is 3. The summed E-state index contributed by atoms with van der Waals surface area (Å²) < 4.78 is 5.36. The average molecular weight is 328 g/mol. The summed E-state index contributed by atoms with van der Waals surface area (Å²) in [6.45, 7) is 5.93. The van der Waals surface area contributed by atoms with E-state index in [1.807, 2.05) is 20.8 Å². The number of fused-ring (bicyclic) bond motifs is 1. The Balaban J connectivity index is 1.76. The van der Waals surface area contributed by atoms with Crippen LogP contribution < -0.4 is 10.1 Å². The van der Waals surface area contributed by atoms with Crippen LogP contribution in [-0.2, 0) is 16.6 Å². The van der Waals surface area contributed by atoms with Crippen molar-refractivity contribution in [2.45, 2.75) is 45.4 Å². The fourth-order valence-electron chi connectivity index (χ4n) is 2.46. The van der Waals surface area contributed by atoms with Gasteiger partial charge >= 0.3 is 5.97 Å². The molecule has 126 valence electrons. The fourth-order valence-corrected chi connectivity index (χ4v) is 2.46. The molecular weight excluding hydrogens is 308 g/mol. The first-order valence-electron chi connectivity index (χ1n) is 7.91. The Labute approximate surface area is 139 Å². The SMILES string of the molecule is CC(C)(C)c1nc(C(=O)Oc2ccc3c(c2)CCCC(=O)N3)n[nH]1. The van der Waals surface area contributed by atoms with Crippen molar-refractivity contribution >= 4 is 17.6 Å². The highest BCUT2D eigenvalue weighted by molar-refractivity contribution is 5.92. The Kier molecular flexibility index (Phi) is 4.09. The minimum Gasteiger partial charge on any atom is -0.421 e. The van der Waals surface area contributed by atoms with E-state index in [-0.39, 0.29) is 17.1 Å². The van der Waals surface area contributed by atoms with Gasteiger partial charge in [-0.1, -0.05) is 20.8 Å². The molecule has 2 heterocycles. The number of anilines is 1. The predicted octanol–water partition coefficient (Wildman–Crippen LogP) is 2.60. The number of esters is 1. The molecule has 0 radical (unpaired) electrons. The molecule has 3 rings (SSSR count). The largest absolute Gasteiger partial charge is 0.421 e. The Bertz CT molecular complexity index is 789. The predicted molar refractivity (Wildman–Crippen MR) is 88.1 cm³/mol. The van der Waals surface area contributed by atoms with Crippen LogP contribution in [0.1, 0.15) is 55.6 Å². The van der Waals surface area contributed by atoms with E-state index in [4.69, 9.17) is 4.74 Å². The van der Waals surface area contributed by atoms with Gasteiger partial charge in [-0.2, -0.15) is 0 Å². The molecule has 1 aliphatic rings. The van der Waals surface area contributed by atoms with E-state index in [0.717, 1.165) is 24.1 Å². The third kappa shape index (κ3) is 3.45. The maximum atomic E-state index is 12.2. The standard InChI is InChI=1S/C17H20N4O3/c1-17(2,3)16-19-14(20-21-16)15(23)24-11-7-8-12-10(9-11)5-4-6-13(22)18-12/h7-9H,4-6H2,1-3H3,(H,18,22)(H,19,20,21). The van der Waals surface area contributed by atoms with E-state index in [2.05, 4.69) is 20.5 Å². The molecule has 2 N–H and O–H groups in total. The van der Waals surface area contributed by atoms with Crippen molar-refractivity contribution in [2.24, 2.45) is 0 Å². The van der Waals surface area contributed by atoms with E-state index < -0.39 is 5.97 Å². The number of amides is 1. The van der Waals surface area contributed by atoms with Gasteiger partial charge in [-0.05, 0) is 36.6 Å². The second-order valence-corrected chi connectivity index (χ2v) is 6.87. The van der Waals surface area contributed by atoms with Gasteiger partial charge in [0, 0.05) is 17.5 Å². The average Bonchev–Trinajstić information content (AvgIpc) is 2.93. The molecule has 0 saturated heterocycles. The monoisotopic (exact) mass is 328 g/mol. The van der Waals surface area contributed by atoms with Gasteiger partial charge in [0.15, 0.2) is 0 Å². The summed E-state index contributed by atoms with van der Waals surface area (Å²) in [6.07, 6.45) is 2.02. The molecule has 24 heavy (non-hydrogen) atoms. The van der Waals surface area contributed by atoms with Gasteiger partial charge in [0.25, 0.3) is 5.82 Å². The summed E-state index contributed by atoms with van der Waals surface area (Å²) in [5.74, 6) is 0.438. The first-order chi connectivity index (χ1) is 11.3. The quantitative estimate of drug-likeness (QED) is 0.652. The van der Waals surface area contributed by atoms with E-state index in [1.54, 1.807) is 18.2 Å². The number of H-pyrrole nitrogens is 1. The number of ether oxygens (including phenoxy) is 1. The van der Waals surface area contributed by atoms with Gasteiger partial charge in [-0.15, -0.1) is 5.10 Å². The van der Waals surface area contributed by atoms with Crippen LogP contribution in [0.4, 0.5) is 5.69 Å². The van der Waals surface area contributed by atoms with Crippen LogP contribution in [0.2, 0.25) is 0 Å². The van der Waals surface area contributed by atoms with Crippen LogP contribution >= 0.6 is 0 Å². The molecule has 0 atom stereocenters. The Morgan fingerprint density at radius 2 is 2.04 bits per heavy atom. The molecule has 0 fully saturated rings. The highest BCUT2D eigenvalue weighted by atomic mass is 16.5. The molecule has 1 aromatic carbocycles. The van der Waals surface area contributed by atoms with Crippen molar-refractivity contribution in [3.05, 3.63) is 35.4 Å². The summed E-state index contributed by atoms with van der Waals surface area (Å²) in [6, 6.07) is 5.18. The number of aryl methyl sites for hydroxylation is 1. The number of carbonyl (C=O) groups excluding carboxylic acids is 2.